The summed E-state index contributed by atoms with van der Waals surface area (Å²) in [4.78, 5) is 13.3. The van der Waals surface area contributed by atoms with Gasteiger partial charge in [0.1, 0.15) is 0 Å². The molecule has 0 amide bonds. The van der Waals surface area contributed by atoms with E-state index in [1.165, 1.54) is 12.0 Å². The van der Waals surface area contributed by atoms with Crippen molar-refractivity contribution in [1.82, 2.24) is 10.3 Å². The van der Waals surface area contributed by atoms with Crippen LogP contribution in [0.2, 0.25) is 0 Å². The molecule has 2 rings (SSSR count). The lowest BCUT2D eigenvalue weighted by Gasteiger charge is -2.27. The van der Waals surface area contributed by atoms with Crippen molar-refractivity contribution in [2.75, 3.05) is 6.54 Å². The molecule has 0 saturated carbocycles. The molecule has 0 spiro atoms. The third-order valence-electron chi connectivity index (χ3n) is 2.03. The molecule has 1 aliphatic heterocycles. The van der Waals surface area contributed by atoms with E-state index >= 15 is 0 Å². The van der Waals surface area contributed by atoms with Crippen molar-refractivity contribution in [1.29, 1.82) is 0 Å². The Morgan fingerprint density at radius 1 is 1.45 bits per heavy atom. The highest BCUT2D eigenvalue weighted by Crippen LogP contribution is 2.20. The second kappa shape index (κ2) is 2.51. The first kappa shape index (κ1) is 6.61. The van der Waals surface area contributed by atoms with Crippen LogP contribution in [-0.4, -0.2) is 11.5 Å². The van der Waals surface area contributed by atoms with Crippen LogP contribution >= 0.6 is 0 Å². The molecule has 11 heavy (non-hydrogen) atoms. The van der Waals surface area contributed by atoms with Crippen LogP contribution in [0.15, 0.2) is 23.1 Å². The Kier molecular flexibility index (Phi) is 1.51. The molecule has 0 bridgehead atoms. The minimum atomic E-state index is -0.0342. The van der Waals surface area contributed by atoms with Crippen molar-refractivity contribution in [3.05, 3.63) is 34.2 Å². The van der Waals surface area contributed by atoms with E-state index < -0.39 is 0 Å². The smallest absolute Gasteiger partial charge is 0.247 e. The van der Waals surface area contributed by atoms with E-state index in [4.69, 9.17) is 0 Å². The average Bonchev–Trinajstić information content (AvgIpc) is 1.90. The predicted octanol–water partition coefficient (Wildman–Crippen LogP) is 0.409. The van der Waals surface area contributed by atoms with Crippen molar-refractivity contribution < 1.29 is 0 Å². The van der Waals surface area contributed by atoms with Gasteiger partial charge in [-0.05, 0) is 18.5 Å². The molecule has 1 aromatic rings. The first-order valence-corrected chi connectivity index (χ1v) is 3.78. The maximum absolute atomic E-state index is 10.7. The molecule has 1 aliphatic rings. The standard InChI is InChI=1S/C8H10N2O/c11-8-2-1-6(5-10-8)7-3-4-9-7/h1-2,5,7,9H,3-4H2,(H,10,11)/t7-/m1/s1. The Morgan fingerprint density at radius 2 is 2.27 bits per heavy atom. The van der Waals surface area contributed by atoms with Gasteiger partial charge in [0.15, 0.2) is 0 Å². The van der Waals surface area contributed by atoms with Gasteiger partial charge in [0, 0.05) is 18.3 Å². The lowest BCUT2D eigenvalue weighted by Crippen LogP contribution is -2.35. The van der Waals surface area contributed by atoms with E-state index in [-0.39, 0.29) is 5.56 Å². The molecule has 3 nitrogen and oxygen atoms in total. The third kappa shape index (κ3) is 1.19. The van der Waals surface area contributed by atoms with Crippen molar-refractivity contribution in [3.8, 4) is 0 Å². The van der Waals surface area contributed by atoms with E-state index in [0.717, 1.165) is 6.54 Å². The second-order valence-electron chi connectivity index (χ2n) is 2.78. The van der Waals surface area contributed by atoms with Gasteiger partial charge >= 0.3 is 0 Å². The zero-order chi connectivity index (χ0) is 7.68. The van der Waals surface area contributed by atoms with Crippen molar-refractivity contribution in [2.45, 2.75) is 12.5 Å². The fourth-order valence-electron chi connectivity index (χ4n) is 1.21. The topological polar surface area (TPSA) is 44.9 Å². The Hall–Kier alpha value is -1.09. The highest BCUT2D eigenvalue weighted by atomic mass is 16.1. The molecule has 1 saturated heterocycles. The van der Waals surface area contributed by atoms with Crippen molar-refractivity contribution in [3.63, 3.8) is 0 Å². The first-order valence-electron chi connectivity index (χ1n) is 3.78. The lowest BCUT2D eigenvalue weighted by atomic mass is 10.0. The van der Waals surface area contributed by atoms with Gasteiger partial charge in [-0.1, -0.05) is 6.07 Å². The Labute approximate surface area is 64.5 Å². The number of H-pyrrole nitrogens is 1. The van der Waals surface area contributed by atoms with Crippen LogP contribution in [0.3, 0.4) is 0 Å². The third-order valence-corrected chi connectivity index (χ3v) is 2.03. The normalized spacial score (nSPS) is 22.7. The number of aromatic nitrogens is 1. The quantitative estimate of drug-likeness (QED) is 0.609. The van der Waals surface area contributed by atoms with Gasteiger partial charge < -0.3 is 10.3 Å². The van der Waals surface area contributed by atoms with E-state index in [1.807, 2.05) is 6.07 Å². The zero-order valence-electron chi connectivity index (χ0n) is 6.13. The van der Waals surface area contributed by atoms with E-state index in [1.54, 1.807) is 12.3 Å². The summed E-state index contributed by atoms with van der Waals surface area (Å²) in [5.74, 6) is 0. The molecule has 1 fully saturated rings. The number of rotatable bonds is 1. The Balaban J connectivity index is 2.25. The van der Waals surface area contributed by atoms with Gasteiger partial charge in [-0.2, -0.15) is 0 Å². The minimum Gasteiger partial charge on any atom is -0.329 e. The van der Waals surface area contributed by atoms with Crippen LogP contribution in [0.25, 0.3) is 0 Å². The summed E-state index contributed by atoms with van der Waals surface area (Å²) in [6.45, 7) is 1.09. The fourth-order valence-corrected chi connectivity index (χ4v) is 1.21. The number of hydrogen-bond acceptors (Lipinski definition) is 2. The van der Waals surface area contributed by atoms with E-state index in [9.17, 15) is 4.79 Å². The summed E-state index contributed by atoms with van der Waals surface area (Å²) < 4.78 is 0. The summed E-state index contributed by atoms with van der Waals surface area (Å²) in [6, 6.07) is 3.90. The van der Waals surface area contributed by atoms with Gasteiger partial charge in [0.2, 0.25) is 5.56 Å². The highest BCUT2D eigenvalue weighted by Gasteiger charge is 2.17. The summed E-state index contributed by atoms with van der Waals surface area (Å²) in [6.07, 6.45) is 2.95. The molecule has 58 valence electrons. The zero-order valence-corrected chi connectivity index (χ0v) is 6.13. The molecule has 2 N–H and O–H groups in total. The largest absolute Gasteiger partial charge is 0.329 e. The SMILES string of the molecule is O=c1ccc([C@H]2CCN2)c[nH]1. The number of aromatic amines is 1. The van der Waals surface area contributed by atoms with Crippen LogP contribution in [-0.2, 0) is 0 Å². The molecule has 0 unspecified atom stereocenters. The van der Waals surface area contributed by atoms with Crippen LogP contribution in [0.1, 0.15) is 18.0 Å². The average molecular weight is 150 g/mol. The van der Waals surface area contributed by atoms with Crippen molar-refractivity contribution in [2.24, 2.45) is 0 Å². The molecular formula is C8H10N2O. The number of nitrogens with one attached hydrogen (secondary N) is 2. The monoisotopic (exact) mass is 150 g/mol. The first-order chi connectivity index (χ1) is 5.36. The van der Waals surface area contributed by atoms with Crippen LogP contribution < -0.4 is 10.9 Å². The molecule has 0 radical (unpaired) electrons. The van der Waals surface area contributed by atoms with Gasteiger partial charge in [0.25, 0.3) is 0 Å². The van der Waals surface area contributed by atoms with Gasteiger partial charge in [-0.15, -0.1) is 0 Å². The summed E-state index contributed by atoms with van der Waals surface area (Å²) in [5.41, 5.74) is 1.14. The van der Waals surface area contributed by atoms with Crippen molar-refractivity contribution >= 4 is 0 Å². The van der Waals surface area contributed by atoms with Crippen LogP contribution in [0.5, 0.6) is 0 Å². The summed E-state index contributed by atoms with van der Waals surface area (Å²) in [5, 5.41) is 3.26. The maximum atomic E-state index is 10.7. The molecule has 0 aliphatic carbocycles. The highest BCUT2D eigenvalue weighted by molar-refractivity contribution is 5.15. The van der Waals surface area contributed by atoms with E-state index in [2.05, 4.69) is 10.3 Å². The fraction of sp³-hybridized carbons (Fsp3) is 0.375. The predicted molar refractivity (Wildman–Crippen MR) is 42.4 cm³/mol. The van der Waals surface area contributed by atoms with Crippen LogP contribution in [0, 0.1) is 0 Å². The van der Waals surface area contributed by atoms with Gasteiger partial charge in [-0.25, -0.2) is 0 Å². The minimum absolute atomic E-state index is 0.0342. The molecule has 0 aromatic carbocycles. The number of pyridine rings is 1. The van der Waals surface area contributed by atoms with Gasteiger partial charge in [0.05, 0.1) is 0 Å². The molecule has 3 heteroatoms. The lowest BCUT2D eigenvalue weighted by molar-refractivity contribution is 0.382. The van der Waals surface area contributed by atoms with Crippen LogP contribution in [0.4, 0.5) is 0 Å². The molecule has 2 heterocycles. The molecule has 1 atom stereocenters. The number of hydrogen-bond donors (Lipinski definition) is 2. The summed E-state index contributed by atoms with van der Waals surface area (Å²) >= 11 is 0. The van der Waals surface area contributed by atoms with E-state index in [0.29, 0.717) is 6.04 Å². The Bertz CT molecular complexity index is 281. The molecule has 1 aromatic heterocycles. The summed E-state index contributed by atoms with van der Waals surface area (Å²) in [7, 11) is 0. The molecular weight excluding hydrogens is 140 g/mol. The van der Waals surface area contributed by atoms with Gasteiger partial charge in [-0.3, -0.25) is 4.79 Å². The maximum Gasteiger partial charge on any atom is 0.247 e. The second-order valence-corrected chi connectivity index (χ2v) is 2.78. The Morgan fingerprint density at radius 3 is 2.73 bits per heavy atom.